The Morgan fingerprint density at radius 1 is 1.14 bits per heavy atom. The van der Waals surface area contributed by atoms with Crippen LogP contribution in [0.4, 0.5) is 0 Å². The number of carboxylic acid groups (broad SMARTS) is 1. The van der Waals surface area contributed by atoms with E-state index in [1.165, 1.54) is 4.70 Å². The Bertz CT molecular complexity index is 1590. The smallest absolute Gasteiger partial charge is 0.321 e. The van der Waals surface area contributed by atoms with Gasteiger partial charge in [-0.3, -0.25) is 10.1 Å². The van der Waals surface area contributed by atoms with Crippen LogP contribution < -0.4 is 14.8 Å². The quantitative estimate of drug-likeness (QED) is 0.229. The van der Waals surface area contributed by atoms with Gasteiger partial charge in [0, 0.05) is 34.3 Å². The van der Waals surface area contributed by atoms with E-state index in [0.29, 0.717) is 12.2 Å². The van der Waals surface area contributed by atoms with Crippen LogP contribution in [-0.4, -0.2) is 41.3 Å². The third-order valence-corrected chi connectivity index (χ3v) is 9.00. The van der Waals surface area contributed by atoms with Crippen molar-refractivity contribution in [3.63, 3.8) is 0 Å². The number of para-hydroxylation sites is 1. The number of thiazole rings is 1. The first-order chi connectivity index (χ1) is 18.0. The Morgan fingerprint density at radius 3 is 2.78 bits per heavy atom. The molecule has 9 heteroatoms. The van der Waals surface area contributed by atoms with E-state index in [9.17, 15) is 9.90 Å². The summed E-state index contributed by atoms with van der Waals surface area (Å²) in [4.78, 5) is 20.4. The minimum absolute atomic E-state index is 0.305. The van der Waals surface area contributed by atoms with Crippen LogP contribution in [0.5, 0.6) is 11.5 Å². The molecule has 0 fully saturated rings. The van der Waals surface area contributed by atoms with Crippen molar-refractivity contribution in [3.8, 4) is 11.5 Å². The van der Waals surface area contributed by atoms with Crippen molar-refractivity contribution in [2.75, 3.05) is 14.2 Å². The van der Waals surface area contributed by atoms with E-state index < -0.39 is 12.0 Å². The molecule has 3 heterocycles. The van der Waals surface area contributed by atoms with Crippen molar-refractivity contribution in [2.45, 2.75) is 28.6 Å². The molecule has 1 aliphatic heterocycles. The average molecular weight is 532 g/mol. The van der Waals surface area contributed by atoms with Crippen molar-refractivity contribution in [1.82, 2.24) is 15.3 Å². The number of thioether (sulfide) groups is 1. The number of methoxy groups -OCH3 is 2. The van der Waals surface area contributed by atoms with E-state index >= 15 is 0 Å². The lowest BCUT2D eigenvalue weighted by Gasteiger charge is -2.30. The number of nitrogens with one attached hydrogen (secondary N) is 2. The summed E-state index contributed by atoms with van der Waals surface area (Å²) in [6, 6.07) is 19.1. The molecule has 2 aromatic heterocycles. The third-order valence-electron chi connectivity index (χ3n) is 6.77. The van der Waals surface area contributed by atoms with Crippen LogP contribution >= 0.6 is 23.1 Å². The molecular weight excluding hydrogens is 506 g/mol. The molecule has 0 spiro atoms. The van der Waals surface area contributed by atoms with Crippen molar-refractivity contribution in [1.29, 1.82) is 0 Å². The highest BCUT2D eigenvalue weighted by Gasteiger charge is 2.34. The Kier molecular flexibility index (Phi) is 6.27. The summed E-state index contributed by atoms with van der Waals surface area (Å²) in [7, 11) is 3.30. The number of benzene rings is 3. The number of hydrogen-bond acceptors (Lipinski definition) is 7. The fourth-order valence-electron chi connectivity index (χ4n) is 4.95. The van der Waals surface area contributed by atoms with Crippen LogP contribution in [0.2, 0.25) is 0 Å². The second kappa shape index (κ2) is 9.74. The third kappa shape index (κ3) is 4.43. The number of aliphatic carboxylic acids is 1. The zero-order chi connectivity index (χ0) is 25.5. The molecule has 0 aliphatic carbocycles. The number of fused-ring (bicyclic) bond motifs is 4. The predicted octanol–water partition coefficient (Wildman–Crippen LogP) is 5.78. The molecule has 0 radical (unpaired) electrons. The standard InChI is InChI=1S/C28H25N3O4S2/c1-34-17-8-9-20-18(12-17)19-13-22(27(32)33)30-25(26(19)29-20)15-7-10-23(35-2)16(11-15)14-36-28-31-21-5-3-4-6-24(21)37-28/h3-12,22,25,29-30H,13-14H2,1-2H3,(H,32,33)/t22-,25-/m1/s1. The molecule has 2 atom stereocenters. The first-order valence-corrected chi connectivity index (χ1v) is 13.7. The van der Waals surface area contributed by atoms with Crippen molar-refractivity contribution in [2.24, 2.45) is 0 Å². The van der Waals surface area contributed by atoms with Gasteiger partial charge in [-0.1, -0.05) is 30.0 Å². The highest BCUT2D eigenvalue weighted by molar-refractivity contribution is 8.00. The lowest BCUT2D eigenvalue weighted by Crippen LogP contribution is -2.45. The van der Waals surface area contributed by atoms with Crippen molar-refractivity contribution < 1.29 is 19.4 Å². The van der Waals surface area contributed by atoms with E-state index in [1.54, 1.807) is 37.3 Å². The topological polar surface area (TPSA) is 96.5 Å². The molecular formula is C28H25N3O4S2. The number of nitrogens with zero attached hydrogens (tertiary/aromatic N) is 1. The highest BCUT2D eigenvalue weighted by atomic mass is 32.2. The molecule has 0 amide bonds. The second-order valence-electron chi connectivity index (χ2n) is 8.93. The van der Waals surface area contributed by atoms with Gasteiger partial charge in [-0.25, -0.2) is 4.98 Å². The van der Waals surface area contributed by atoms with Gasteiger partial charge in [-0.05, 0) is 53.6 Å². The van der Waals surface area contributed by atoms with Gasteiger partial charge in [0.1, 0.15) is 17.5 Å². The van der Waals surface area contributed by atoms with Gasteiger partial charge < -0.3 is 19.6 Å². The summed E-state index contributed by atoms with van der Waals surface area (Å²) >= 11 is 3.35. The number of rotatable bonds is 7. The lowest BCUT2D eigenvalue weighted by atomic mass is 9.89. The molecule has 7 nitrogen and oxygen atoms in total. The number of carbonyl (C=O) groups is 1. The number of ether oxygens (including phenoxy) is 2. The summed E-state index contributed by atoms with van der Waals surface area (Å²) in [6.07, 6.45) is 0.394. The molecule has 37 heavy (non-hydrogen) atoms. The van der Waals surface area contributed by atoms with Crippen LogP contribution in [0.25, 0.3) is 21.1 Å². The maximum absolute atomic E-state index is 12.1. The zero-order valence-electron chi connectivity index (χ0n) is 20.3. The predicted molar refractivity (Wildman–Crippen MR) is 147 cm³/mol. The fraction of sp³-hybridized carbons (Fsp3) is 0.214. The van der Waals surface area contributed by atoms with Crippen LogP contribution in [0.15, 0.2) is 65.0 Å². The summed E-state index contributed by atoms with van der Waals surface area (Å²) < 4.78 is 13.3. The van der Waals surface area contributed by atoms with Gasteiger partial charge in [0.05, 0.1) is 30.5 Å². The van der Waals surface area contributed by atoms with Gasteiger partial charge in [-0.2, -0.15) is 0 Å². The van der Waals surface area contributed by atoms with Crippen LogP contribution in [-0.2, 0) is 17.0 Å². The van der Waals surface area contributed by atoms with Gasteiger partial charge in [0.15, 0.2) is 4.34 Å². The van der Waals surface area contributed by atoms with Gasteiger partial charge in [-0.15, -0.1) is 11.3 Å². The largest absolute Gasteiger partial charge is 0.497 e. The maximum atomic E-state index is 12.1. The summed E-state index contributed by atoms with van der Waals surface area (Å²) in [5.74, 6) is 1.36. The molecule has 0 saturated heterocycles. The van der Waals surface area contributed by atoms with Crippen LogP contribution in [0, 0.1) is 0 Å². The fourth-order valence-corrected chi connectivity index (χ4v) is 7.00. The molecule has 5 aromatic rings. The van der Waals surface area contributed by atoms with Gasteiger partial charge >= 0.3 is 5.97 Å². The Morgan fingerprint density at radius 2 is 2.00 bits per heavy atom. The van der Waals surface area contributed by atoms with Crippen LogP contribution in [0.1, 0.15) is 28.4 Å². The maximum Gasteiger partial charge on any atom is 0.321 e. The highest BCUT2D eigenvalue weighted by Crippen LogP contribution is 2.39. The first-order valence-electron chi connectivity index (χ1n) is 11.9. The minimum Gasteiger partial charge on any atom is -0.497 e. The van der Waals surface area contributed by atoms with E-state index in [1.807, 2.05) is 48.5 Å². The molecule has 0 bridgehead atoms. The van der Waals surface area contributed by atoms with E-state index in [-0.39, 0.29) is 6.04 Å². The molecule has 0 unspecified atom stereocenters. The number of aromatic nitrogens is 2. The minimum atomic E-state index is -0.868. The summed E-state index contributed by atoms with van der Waals surface area (Å²) in [6.45, 7) is 0. The Hall–Kier alpha value is -3.53. The molecule has 188 valence electrons. The zero-order valence-corrected chi connectivity index (χ0v) is 21.9. The van der Waals surface area contributed by atoms with E-state index in [2.05, 4.69) is 22.4 Å². The van der Waals surface area contributed by atoms with Crippen LogP contribution in [0.3, 0.4) is 0 Å². The SMILES string of the molecule is COc1ccc2[nH]c3c(c2c1)C[C@H](C(=O)O)N[C@@H]3c1ccc(OC)c(CSc2nc3ccccc3s2)c1. The van der Waals surface area contributed by atoms with Gasteiger partial charge in [0.25, 0.3) is 0 Å². The summed E-state index contributed by atoms with van der Waals surface area (Å²) in [5.41, 5.74) is 5.96. The number of hydrogen-bond donors (Lipinski definition) is 3. The summed E-state index contributed by atoms with van der Waals surface area (Å²) in [5, 5.41) is 14.3. The van der Waals surface area contributed by atoms with Crippen molar-refractivity contribution in [3.05, 3.63) is 83.0 Å². The normalized spacial score (nSPS) is 17.1. The second-order valence-corrected chi connectivity index (χ2v) is 11.2. The number of H-pyrrole nitrogens is 1. The van der Waals surface area contributed by atoms with E-state index in [0.717, 1.165) is 54.6 Å². The molecule has 0 saturated carbocycles. The average Bonchev–Trinajstić information content (AvgIpc) is 3.51. The lowest BCUT2D eigenvalue weighted by molar-refractivity contribution is -0.139. The number of aromatic amines is 1. The van der Waals surface area contributed by atoms with Crippen molar-refractivity contribution >= 4 is 50.2 Å². The Balaban J connectivity index is 1.37. The molecule has 6 rings (SSSR count). The Labute approximate surface area is 221 Å². The first kappa shape index (κ1) is 23.8. The monoisotopic (exact) mass is 531 g/mol. The molecule has 1 aliphatic rings. The van der Waals surface area contributed by atoms with E-state index in [4.69, 9.17) is 14.5 Å². The van der Waals surface area contributed by atoms with Gasteiger partial charge in [0.2, 0.25) is 0 Å². The molecule has 3 N–H and O–H groups in total. The number of carboxylic acids is 1. The molecule has 3 aromatic carbocycles.